The lowest BCUT2D eigenvalue weighted by molar-refractivity contribution is -0.198. The molecule has 2 aliphatic rings. The Morgan fingerprint density at radius 2 is 0.863 bits per heavy atom. The molecule has 0 aromatic carbocycles. The zero-order chi connectivity index (χ0) is 36.8. The average Bonchev–Trinajstić information content (AvgIpc) is 3.61. The van der Waals surface area contributed by atoms with Gasteiger partial charge in [0.25, 0.3) is 23.6 Å². The molecule has 51 heavy (non-hydrogen) atoms. The Hall–Kier alpha value is -3.40. The van der Waals surface area contributed by atoms with Crippen molar-refractivity contribution in [2.75, 3.05) is 132 Å². The minimum atomic E-state index is -0.708. The second-order valence-electron chi connectivity index (χ2n) is 10.6. The number of imide groups is 2. The van der Waals surface area contributed by atoms with Gasteiger partial charge in [0.1, 0.15) is 0 Å². The fraction of sp³-hybridized carbons (Fsp3) is 0.750. The predicted octanol–water partition coefficient (Wildman–Crippen LogP) is -1.44. The van der Waals surface area contributed by atoms with Crippen molar-refractivity contribution in [3.05, 3.63) is 12.2 Å². The maximum atomic E-state index is 11.8. The van der Waals surface area contributed by atoms with Crippen LogP contribution in [0.5, 0.6) is 0 Å². The van der Waals surface area contributed by atoms with Gasteiger partial charge in [-0.3, -0.25) is 28.9 Å². The Morgan fingerprint density at radius 3 is 1.25 bits per heavy atom. The molecule has 5 amide bonds. The van der Waals surface area contributed by atoms with Crippen LogP contribution in [0.2, 0.25) is 0 Å². The van der Waals surface area contributed by atoms with Crippen molar-refractivity contribution in [2.24, 2.45) is 0 Å². The van der Waals surface area contributed by atoms with Gasteiger partial charge in [-0.15, -0.1) is 5.06 Å². The smallest absolute Gasteiger partial charge is 0.335 e. The highest BCUT2D eigenvalue weighted by Gasteiger charge is 2.32. The van der Waals surface area contributed by atoms with E-state index in [-0.39, 0.29) is 51.3 Å². The van der Waals surface area contributed by atoms with Crippen LogP contribution in [0.15, 0.2) is 12.2 Å². The third-order valence-corrected chi connectivity index (χ3v) is 6.66. The van der Waals surface area contributed by atoms with Crippen molar-refractivity contribution < 1.29 is 76.2 Å². The summed E-state index contributed by atoms with van der Waals surface area (Å²) < 4.78 is 48.6. The Labute approximate surface area is 296 Å². The summed E-state index contributed by atoms with van der Waals surface area (Å²) >= 11 is 0. The largest absolute Gasteiger partial charge is 0.378 e. The van der Waals surface area contributed by atoms with E-state index in [0.29, 0.717) is 117 Å². The van der Waals surface area contributed by atoms with Crippen LogP contribution in [0, 0.1) is 0 Å². The van der Waals surface area contributed by atoms with Gasteiger partial charge in [0.2, 0.25) is 5.91 Å². The van der Waals surface area contributed by atoms with E-state index in [1.807, 2.05) is 0 Å². The van der Waals surface area contributed by atoms with Crippen LogP contribution in [0.4, 0.5) is 0 Å². The molecule has 2 aliphatic heterocycles. The third-order valence-electron chi connectivity index (χ3n) is 6.66. The first-order chi connectivity index (χ1) is 24.9. The van der Waals surface area contributed by atoms with Gasteiger partial charge >= 0.3 is 5.97 Å². The van der Waals surface area contributed by atoms with Gasteiger partial charge in [-0.2, -0.15) is 0 Å². The van der Waals surface area contributed by atoms with Gasteiger partial charge in [0.05, 0.1) is 125 Å². The molecule has 0 aliphatic carbocycles. The van der Waals surface area contributed by atoms with Crippen LogP contribution in [-0.4, -0.2) is 177 Å². The van der Waals surface area contributed by atoms with E-state index in [0.717, 1.165) is 4.90 Å². The molecule has 0 spiro atoms. The lowest BCUT2D eigenvalue weighted by Crippen LogP contribution is -2.35. The van der Waals surface area contributed by atoms with Gasteiger partial charge < -0.3 is 52.8 Å². The van der Waals surface area contributed by atoms with Gasteiger partial charge in [-0.05, 0) is 0 Å². The van der Waals surface area contributed by atoms with Crippen LogP contribution in [0.3, 0.4) is 0 Å². The first-order valence-corrected chi connectivity index (χ1v) is 16.9. The summed E-state index contributed by atoms with van der Waals surface area (Å²) in [5, 5.41) is 3.18. The topological polar surface area (TPSA) is 213 Å². The Morgan fingerprint density at radius 1 is 0.510 bits per heavy atom. The molecule has 1 fully saturated rings. The summed E-state index contributed by atoms with van der Waals surface area (Å²) in [4.78, 5) is 74.9. The maximum absolute atomic E-state index is 11.8. The number of hydroxylamine groups is 2. The highest BCUT2D eigenvalue weighted by molar-refractivity contribution is 6.13. The van der Waals surface area contributed by atoms with Crippen molar-refractivity contribution >= 4 is 35.5 Å². The Kier molecular flexibility index (Phi) is 25.1. The molecule has 0 aromatic heterocycles. The molecule has 0 bridgehead atoms. The molecule has 2 heterocycles. The van der Waals surface area contributed by atoms with Gasteiger partial charge in [0.15, 0.2) is 0 Å². The number of nitrogens with one attached hydrogen (secondary N) is 1. The minimum Gasteiger partial charge on any atom is -0.378 e. The number of hydrogen-bond acceptors (Lipinski definition) is 16. The summed E-state index contributed by atoms with van der Waals surface area (Å²) in [6.45, 7) is 7.23. The van der Waals surface area contributed by atoms with E-state index in [2.05, 4.69) is 5.32 Å². The van der Waals surface area contributed by atoms with Crippen LogP contribution in [-0.2, 0) is 76.2 Å². The molecule has 2 rings (SSSR count). The highest BCUT2D eigenvalue weighted by atomic mass is 16.7. The number of ether oxygens (including phenoxy) is 9. The normalized spacial score (nSPS) is 14.4. The Balaban J connectivity index is 1.17. The van der Waals surface area contributed by atoms with Gasteiger partial charge in [0, 0.05) is 44.5 Å². The molecular weight excluding hydrogens is 682 g/mol. The molecule has 1 N–H and O–H groups in total. The fourth-order valence-electron chi connectivity index (χ4n) is 4.04. The molecule has 19 heteroatoms. The zero-order valence-corrected chi connectivity index (χ0v) is 29.1. The lowest BCUT2D eigenvalue weighted by Gasteiger charge is -2.13. The van der Waals surface area contributed by atoms with Crippen LogP contribution < -0.4 is 5.32 Å². The summed E-state index contributed by atoms with van der Waals surface area (Å²) in [6.07, 6.45) is 2.43. The third kappa shape index (κ3) is 22.2. The first-order valence-electron chi connectivity index (χ1n) is 16.9. The monoisotopic (exact) mass is 733 g/mol. The number of carbonyl (C=O) groups excluding carboxylic acids is 6. The molecular formula is C32H51N3O16. The quantitative estimate of drug-likeness (QED) is 0.0593. The molecule has 0 atom stereocenters. The Bertz CT molecular complexity index is 1040. The average molecular weight is 734 g/mol. The van der Waals surface area contributed by atoms with Gasteiger partial charge in [-0.1, -0.05) is 0 Å². The van der Waals surface area contributed by atoms with Crippen molar-refractivity contribution in [1.29, 1.82) is 0 Å². The molecule has 19 nitrogen and oxygen atoms in total. The molecule has 0 aromatic rings. The second kappa shape index (κ2) is 29.2. The van der Waals surface area contributed by atoms with E-state index in [1.165, 1.54) is 12.2 Å². The van der Waals surface area contributed by atoms with Crippen LogP contribution >= 0.6 is 0 Å². The molecule has 0 saturated carbocycles. The summed E-state index contributed by atoms with van der Waals surface area (Å²) in [6, 6.07) is 0. The number of hydrogen-bond donors (Lipinski definition) is 1. The predicted molar refractivity (Wildman–Crippen MR) is 173 cm³/mol. The maximum Gasteiger partial charge on any atom is 0.335 e. The summed E-state index contributed by atoms with van der Waals surface area (Å²) in [7, 11) is 0. The minimum absolute atomic E-state index is 0.0422. The highest BCUT2D eigenvalue weighted by Crippen LogP contribution is 2.12. The fourth-order valence-corrected chi connectivity index (χ4v) is 4.04. The summed E-state index contributed by atoms with van der Waals surface area (Å²) in [5.41, 5.74) is 0. The van der Waals surface area contributed by atoms with E-state index >= 15 is 0 Å². The van der Waals surface area contributed by atoms with E-state index in [1.54, 1.807) is 0 Å². The van der Waals surface area contributed by atoms with Crippen LogP contribution in [0.25, 0.3) is 0 Å². The molecule has 1 saturated heterocycles. The van der Waals surface area contributed by atoms with Gasteiger partial charge in [-0.25, -0.2) is 4.79 Å². The van der Waals surface area contributed by atoms with Crippen molar-refractivity contribution in [3.63, 3.8) is 0 Å². The zero-order valence-electron chi connectivity index (χ0n) is 29.1. The second-order valence-corrected chi connectivity index (χ2v) is 10.6. The molecule has 0 radical (unpaired) electrons. The van der Waals surface area contributed by atoms with E-state index < -0.39 is 29.6 Å². The first kappa shape index (κ1) is 43.8. The molecule has 0 unspecified atom stereocenters. The van der Waals surface area contributed by atoms with Crippen molar-refractivity contribution in [1.82, 2.24) is 15.3 Å². The lowest BCUT2D eigenvalue weighted by atomic mass is 10.3. The van der Waals surface area contributed by atoms with Crippen LogP contribution in [0.1, 0.15) is 25.7 Å². The van der Waals surface area contributed by atoms with E-state index in [9.17, 15) is 28.8 Å². The summed E-state index contributed by atoms with van der Waals surface area (Å²) in [5.74, 6) is -2.82. The standard InChI is InChI=1S/C32H51N3O16/c36-27(5-8-34-28(37)1-2-29(34)38)33-7-10-43-12-14-45-16-18-47-20-22-49-24-26-50-25-23-48-21-19-46-17-15-44-13-11-42-9-6-32(41)51-35-30(39)3-4-31(35)40/h1-2H,3-26H2,(H,33,36). The van der Waals surface area contributed by atoms with Crippen molar-refractivity contribution in [3.8, 4) is 0 Å². The SMILES string of the molecule is O=C(CCN1C(=O)C=CC1=O)NCCOCCOCCOCCOCCOCCOCCOCCOCCOCCC(=O)ON1C(=O)CCC1=O. The number of carbonyl (C=O) groups is 6. The number of rotatable bonds is 34. The number of amides is 5. The number of nitrogens with zero attached hydrogens (tertiary/aromatic N) is 2. The molecule has 290 valence electrons. The van der Waals surface area contributed by atoms with Crippen molar-refractivity contribution in [2.45, 2.75) is 25.7 Å². The van der Waals surface area contributed by atoms with E-state index in [4.69, 9.17) is 47.5 Å².